The van der Waals surface area contributed by atoms with Crippen LogP contribution in [0.25, 0.3) is 16.9 Å². The number of nitrogens with zero attached hydrogens (tertiary/aromatic N) is 3. The van der Waals surface area contributed by atoms with Gasteiger partial charge in [-0.2, -0.15) is 5.10 Å². The highest BCUT2D eigenvalue weighted by atomic mass is 35.5. The van der Waals surface area contributed by atoms with Gasteiger partial charge in [0.2, 0.25) is 5.91 Å². The maximum absolute atomic E-state index is 13.4. The summed E-state index contributed by atoms with van der Waals surface area (Å²) in [6.07, 6.45) is 0. The standard InChI is InChI=1S/C30H33Cl2N5O4/c1-30(2,3)34-29(39)27-26(33-25(38)19-40-4)28(21-8-10-22(31)11-9-21)37(35-27)24-12-7-20(18-23(24)32)6-5-13-36-14-16-41-17-15-36/h7-12,18H,13-17,19H2,1-4H3,(H,33,38)(H,34,39). The van der Waals surface area contributed by atoms with Crippen LogP contribution in [0.3, 0.4) is 0 Å². The Morgan fingerprint density at radius 3 is 2.44 bits per heavy atom. The van der Waals surface area contributed by atoms with Gasteiger partial charge in [0.15, 0.2) is 5.69 Å². The van der Waals surface area contributed by atoms with Crippen LogP contribution in [0, 0.1) is 11.8 Å². The summed E-state index contributed by atoms with van der Waals surface area (Å²) in [6, 6.07) is 12.4. The number of carbonyl (C=O) groups excluding carboxylic acids is 2. The molecule has 2 heterocycles. The lowest BCUT2D eigenvalue weighted by Gasteiger charge is -2.24. The van der Waals surface area contributed by atoms with Gasteiger partial charge in [-0.3, -0.25) is 14.5 Å². The number of carbonyl (C=O) groups is 2. The molecule has 1 aliphatic rings. The molecule has 0 aliphatic carbocycles. The van der Waals surface area contributed by atoms with Crippen LogP contribution in [0.1, 0.15) is 36.8 Å². The zero-order valence-corrected chi connectivity index (χ0v) is 25.0. The molecule has 216 valence electrons. The zero-order chi connectivity index (χ0) is 29.6. The Balaban J connectivity index is 1.80. The van der Waals surface area contributed by atoms with E-state index in [9.17, 15) is 9.59 Å². The molecule has 0 radical (unpaired) electrons. The van der Waals surface area contributed by atoms with Crippen LogP contribution in [0.5, 0.6) is 0 Å². The minimum Gasteiger partial charge on any atom is -0.379 e. The van der Waals surface area contributed by atoms with Crippen LogP contribution in [-0.2, 0) is 14.3 Å². The normalized spacial score (nSPS) is 13.8. The monoisotopic (exact) mass is 597 g/mol. The highest BCUT2D eigenvalue weighted by Crippen LogP contribution is 2.36. The van der Waals surface area contributed by atoms with Gasteiger partial charge >= 0.3 is 0 Å². The summed E-state index contributed by atoms with van der Waals surface area (Å²) in [4.78, 5) is 28.4. The minimum atomic E-state index is -0.547. The summed E-state index contributed by atoms with van der Waals surface area (Å²) in [5.41, 5.74) is 2.07. The van der Waals surface area contributed by atoms with Gasteiger partial charge in [0.1, 0.15) is 12.3 Å². The van der Waals surface area contributed by atoms with Gasteiger partial charge in [-0.25, -0.2) is 4.68 Å². The smallest absolute Gasteiger partial charge is 0.274 e. The molecule has 1 aromatic heterocycles. The Morgan fingerprint density at radius 1 is 1.10 bits per heavy atom. The van der Waals surface area contributed by atoms with Gasteiger partial charge in [0.25, 0.3) is 5.91 Å². The lowest BCUT2D eigenvalue weighted by Crippen LogP contribution is -2.41. The maximum Gasteiger partial charge on any atom is 0.274 e. The molecule has 41 heavy (non-hydrogen) atoms. The molecule has 2 amide bonds. The predicted molar refractivity (Wildman–Crippen MR) is 161 cm³/mol. The van der Waals surface area contributed by atoms with Crippen molar-refractivity contribution in [1.29, 1.82) is 0 Å². The number of amides is 2. The van der Waals surface area contributed by atoms with Crippen molar-refractivity contribution in [2.45, 2.75) is 26.3 Å². The number of nitrogens with one attached hydrogen (secondary N) is 2. The lowest BCUT2D eigenvalue weighted by atomic mass is 10.1. The number of rotatable bonds is 7. The molecular weight excluding hydrogens is 565 g/mol. The Labute approximate surface area is 250 Å². The summed E-state index contributed by atoms with van der Waals surface area (Å²) in [5.74, 6) is 5.47. The molecule has 1 fully saturated rings. The number of morpholine rings is 1. The predicted octanol–water partition coefficient (Wildman–Crippen LogP) is 4.64. The van der Waals surface area contributed by atoms with Crippen LogP contribution in [-0.4, -0.2) is 78.6 Å². The summed E-state index contributed by atoms with van der Waals surface area (Å²) >= 11 is 13.0. The van der Waals surface area contributed by atoms with Gasteiger partial charge in [0.05, 0.1) is 36.2 Å². The van der Waals surface area contributed by atoms with Crippen molar-refractivity contribution in [2.24, 2.45) is 0 Å². The van der Waals surface area contributed by atoms with E-state index < -0.39 is 17.4 Å². The Kier molecular flexibility index (Phi) is 10.1. The molecule has 4 rings (SSSR count). The van der Waals surface area contributed by atoms with Crippen LogP contribution < -0.4 is 10.6 Å². The van der Waals surface area contributed by atoms with Crippen LogP contribution >= 0.6 is 23.2 Å². The molecule has 3 aromatic rings. The fraction of sp³-hybridized carbons (Fsp3) is 0.367. The fourth-order valence-corrected chi connectivity index (χ4v) is 4.61. The first kappa shape index (κ1) is 30.6. The Hall–Kier alpha value is -3.39. The van der Waals surface area contributed by atoms with Crippen molar-refractivity contribution < 1.29 is 19.1 Å². The third kappa shape index (κ3) is 8.09. The van der Waals surface area contributed by atoms with E-state index in [-0.39, 0.29) is 18.0 Å². The summed E-state index contributed by atoms with van der Waals surface area (Å²) in [6.45, 7) is 9.16. The molecule has 0 bridgehead atoms. The van der Waals surface area contributed by atoms with E-state index in [1.165, 1.54) is 7.11 Å². The average Bonchev–Trinajstić information content (AvgIpc) is 3.28. The zero-order valence-electron chi connectivity index (χ0n) is 23.5. The molecule has 0 spiro atoms. The molecule has 1 saturated heterocycles. The van der Waals surface area contributed by atoms with Gasteiger partial charge < -0.3 is 20.1 Å². The summed E-state index contributed by atoms with van der Waals surface area (Å²) < 4.78 is 12.0. The molecule has 0 atom stereocenters. The third-order valence-electron chi connectivity index (χ3n) is 6.06. The number of hydrogen-bond acceptors (Lipinski definition) is 6. The second-order valence-electron chi connectivity index (χ2n) is 10.5. The van der Waals surface area contributed by atoms with Crippen molar-refractivity contribution >= 4 is 40.7 Å². The lowest BCUT2D eigenvalue weighted by molar-refractivity contribution is -0.119. The SMILES string of the molecule is COCC(=O)Nc1c(C(=O)NC(C)(C)C)nn(-c2ccc(C#CCN3CCOCC3)cc2Cl)c1-c1ccc(Cl)cc1. The third-order valence-corrected chi connectivity index (χ3v) is 6.62. The quantitative estimate of drug-likeness (QED) is 0.385. The highest BCUT2D eigenvalue weighted by molar-refractivity contribution is 6.32. The molecule has 11 heteroatoms. The van der Waals surface area contributed by atoms with E-state index in [0.29, 0.717) is 46.7 Å². The number of benzene rings is 2. The number of methoxy groups -OCH3 is 1. The molecule has 9 nitrogen and oxygen atoms in total. The molecule has 1 aliphatic heterocycles. The maximum atomic E-state index is 13.4. The van der Waals surface area contributed by atoms with Crippen molar-refractivity contribution in [3.8, 4) is 28.8 Å². The largest absolute Gasteiger partial charge is 0.379 e. The summed E-state index contributed by atoms with van der Waals surface area (Å²) in [5, 5.41) is 11.3. The van der Waals surface area contributed by atoms with Gasteiger partial charge in [0, 0.05) is 41.9 Å². The number of anilines is 1. The highest BCUT2D eigenvalue weighted by Gasteiger charge is 2.29. The Bertz CT molecular complexity index is 1460. The first-order valence-corrected chi connectivity index (χ1v) is 13.9. The van der Waals surface area contributed by atoms with Gasteiger partial charge in [-0.05, 0) is 51.1 Å². The molecule has 2 aromatic carbocycles. The van der Waals surface area contributed by atoms with Crippen LogP contribution in [0.15, 0.2) is 42.5 Å². The average molecular weight is 599 g/mol. The second-order valence-corrected chi connectivity index (χ2v) is 11.4. The molecule has 2 N–H and O–H groups in total. The van der Waals surface area contributed by atoms with Gasteiger partial charge in [-0.15, -0.1) is 0 Å². The number of aromatic nitrogens is 2. The van der Waals surface area contributed by atoms with Gasteiger partial charge in [-0.1, -0.05) is 47.2 Å². The molecular formula is C30H33Cl2N5O4. The first-order chi connectivity index (χ1) is 19.6. The van der Waals surface area contributed by atoms with E-state index >= 15 is 0 Å². The van der Waals surface area contributed by atoms with Crippen molar-refractivity contribution in [2.75, 3.05) is 51.9 Å². The van der Waals surface area contributed by atoms with Crippen molar-refractivity contribution in [3.05, 3.63) is 63.8 Å². The summed E-state index contributed by atoms with van der Waals surface area (Å²) in [7, 11) is 1.42. The van der Waals surface area contributed by atoms with E-state index in [4.69, 9.17) is 32.7 Å². The van der Waals surface area contributed by atoms with E-state index in [0.717, 1.165) is 18.7 Å². The van der Waals surface area contributed by atoms with E-state index in [2.05, 4.69) is 32.5 Å². The van der Waals surface area contributed by atoms with E-state index in [1.54, 1.807) is 41.1 Å². The number of hydrogen-bond donors (Lipinski definition) is 2. The van der Waals surface area contributed by atoms with Crippen molar-refractivity contribution in [1.82, 2.24) is 20.0 Å². The topological polar surface area (TPSA) is 97.7 Å². The Morgan fingerprint density at radius 2 is 1.80 bits per heavy atom. The van der Waals surface area contributed by atoms with Crippen molar-refractivity contribution in [3.63, 3.8) is 0 Å². The second kappa shape index (κ2) is 13.5. The molecule has 0 unspecified atom stereocenters. The van der Waals surface area contributed by atoms with E-state index in [1.807, 2.05) is 26.8 Å². The minimum absolute atomic E-state index is 0.0276. The fourth-order valence-electron chi connectivity index (χ4n) is 4.22. The van der Waals surface area contributed by atoms with Crippen LogP contribution in [0.4, 0.5) is 5.69 Å². The number of halogens is 2. The first-order valence-electron chi connectivity index (χ1n) is 13.1. The number of ether oxygens (including phenoxy) is 2. The van der Waals surface area contributed by atoms with Crippen LogP contribution in [0.2, 0.25) is 10.0 Å². The molecule has 0 saturated carbocycles.